The Bertz CT molecular complexity index is 1650. The van der Waals surface area contributed by atoms with Crippen LogP contribution in [0.5, 0.6) is 0 Å². The standard InChI is InChI=1S/C37H31N/c1-27-8-12-29(13-9-27)16-18-31-20-22-34-35-23-21-32(19-17-30-14-10-28(2)11-15-30)25-37(35)38(36(34)24-31)26-33-6-4-3-5-7-33/h3-25H,26H2,1-2H3/b18-16+,19-17+. The number of fused-ring (bicyclic) bond motifs is 3. The van der Waals surface area contributed by atoms with Crippen LogP contribution in [0.3, 0.4) is 0 Å². The van der Waals surface area contributed by atoms with Crippen molar-refractivity contribution in [3.8, 4) is 0 Å². The highest BCUT2D eigenvalue weighted by molar-refractivity contribution is 6.09. The molecule has 5 aromatic carbocycles. The fourth-order valence-electron chi connectivity index (χ4n) is 5.01. The SMILES string of the molecule is Cc1ccc(/C=C/c2ccc3c4ccc(/C=C/c5ccc(C)cc5)cc4n(Cc4ccccc4)c3c2)cc1. The van der Waals surface area contributed by atoms with E-state index >= 15 is 0 Å². The van der Waals surface area contributed by atoms with Gasteiger partial charge in [0.15, 0.2) is 0 Å². The molecule has 38 heavy (non-hydrogen) atoms. The van der Waals surface area contributed by atoms with E-state index in [1.165, 1.54) is 60.8 Å². The molecule has 0 aliphatic heterocycles. The van der Waals surface area contributed by atoms with E-state index in [-0.39, 0.29) is 0 Å². The molecule has 0 aliphatic rings. The van der Waals surface area contributed by atoms with E-state index in [1.807, 2.05) is 0 Å². The van der Waals surface area contributed by atoms with Gasteiger partial charge < -0.3 is 4.57 Å². The lowest BCUT2D eigenvalue weighted by atomic mass is 10.1. The molecule has 1 nitrogen and oxygen atoms in total. The summed E-state index contributed by atoms with van der Waals surface area (Å²) in [7, 11) is 0. The van der Waals surface area contributed by atoms with Gasteiger partial charge in [-0.05, 0) is 53.8 Å². The van der Waals surface area contributed by atoms with Crippen LogP contribution in [0.4, 0.5) is 0 Å². The van der Waals surface area contributed by atoms with Crippen molar-refractivity contribution in [2.45, 2.75) is 20.4 Å². The third-order valence-corrected chi connectivity index (χ3v) is 7.19. The summed E-state index contributed by atoms with van der Waals surface area (Å²) in [6.07, 6.45) is 8.81. The molecule has 0 spiro atoms. The lowest BCUT2D eigenvalue weighted by molar-refractivity contribution is 0.869. The quantitative estimate of drug-likeness (QED) is 0.205. The molecular formula is C37H31N. The summed E-state index contributed by atoms with van der Waals surface area (Å²) in [6.45, 7) is 5.07. The Morgan fingerprint density at radius 1 is 0.474 bits per heavy atom. The Kier molecular flexibility index (Phi) is 6.50. The average molecular weight is 490 g/mol. The summed E-state index contributed by atoms with van der Waals surface area (Å²) in [5.74, 6) is 0. The van der Waals surface area contributed by atoms with Crippen molar-refractivity contribution < 1.29 is 0 Å². The van der Waals surface area contributed by atoms with E-state index in [4.69, 9.17) is 0 Å². The fourth-order valence-corrected chi connectivity index (χ4v) is 5.01. The first-order valence-electron chi connectivity index (χ1n) is 13.2. The van der Waals surface area contributed by atoms with Gasteiger partial charge in [-0.1, -0.05) is 139 Å². The van der Waals surface area contributed by atoms with E-state index in [0.29, 0.717) is 0 Å². The van der Waals surface area contributed by atoms with Crippen LogP contribution in [-0.2, 0) is 6.54 Å². The topological polar surface area (TPSA) is 4.93 Å². The van der Waals surface area contributed by atoms with Gasteiger partial charge in [0.2, 0.25) is 0 Å². The molecule has 0 N–H and O–H groups in total. The van der Waals surface area contributed by atoms with Crippen LogP contribution >= 0.6 is 0 Å². The van der Waals surface area contributed by atoms with Gasteiger partial charge in [-0.25, -0.2) is 0 Å². The van der Waals surface area contributed by atoms with Crippen molar-refractivity contribution in [1.82, 2.24) is 4.57 Å². The Morgan fingerprint density at radius 3 is 1.37 bits per heavy atom. The molecule has 0 atom stereocenters. The zero-order chi connectivity index (χ0) is 25.9. The van der Waals surface area contributed by atoms with Gasteiger partial charge in [-0.15, -0.1) is 0 Å². The fraction of sp³-hybridized carbons (Fsp3) is 0.0811. The molecule has 0 unspecified atom stereocenters. The third-order valence-electron chi connectivity index (χ3n) is 7.19. The number of rotatable bonds is 6. The van der Waals surface area contributed by atoms with Crippen molar-refractivity contribution >= 4 is 46.1 Å². The Labute approximate surface area is 225 Å². The highest BCUT2D eigenvalue weighted by atomic mass is 15.0. The van der Waals surface area contributed by atoms with Crippen LogP contribution in [0.25, 0.3) is 46.1 Å². The predicted molar refractivity (Wildman–Crippen MR) is 165 cm³/mol. The number of hydrogen-bond donors (Lipinski definition) is 0. The molecule has 0 amide bonds. The lowest BCUT2D eigenvalue weighted by Crippen LogP contribution is -1.99. The van der Waals surface area contributed by atoms with Gasteiger partial charge in [-0.3, -0.25) is 0 Å². The van der Waals surface area contributed by atoms with Crippen molar-refractivity contribution in [1.29, 1.82) is 0 Å². The molecule has 0 aliphatic carbocycles. The van der Waals surface area contributed by atoms with E-state index in [9.17, 15) is 0 Å². The molecule has 184 valence electrons. The minimum Gasteiger partial charge on any atom is -0.336 e. The molecule has 6 rings (SSSR count). The molecule has 1 heterocycles. The van der Waals surface area contributed by atoms with Gasteiger partial charge in [0.1, 0.15) is 0 Å². The molecule has 0 saturated carbocycles. The maximum absolute atomic E-state index is 2.46. The average Bonchev–Trinajstić information content (AvgIpc) is 3.25. The second kappa shape index (κ2) is 10.4. The number of hydrogen-bond acceptors (Lipinski definition) is 0. The Hall–Kier alpha value is -4.62. The van der Waals surface area contributed by atoms with E-state index in [0.717, 1.165) is 6.54 Å². The Balaban J connectivity index is 1.43. The summed E-state index contributed by atoms with van der Waals surface area (Å²) in [6, 6.07) is 41.7. The summed E-state index contributed by atoms with van der Waals surface area (Å²) < 4.78 is 2.46. The van der Waals surface area contributed by atoms with E-state index < -0.39 is 0 Å². The second-order valence-corrected chi connectivity index (χ2v) is 10.1. The van der Waals surface area contributed by atoms with Crippen LogP contribution in [0.15, 0.2) is 115 Å². The number of benzene rings is 5. The first-order valence-corrected chi connectivity index (χ1v) is 13.2. The van der Waals surface area contributed by atoms with Crippen molar-refractivity contribution in [3.05, 3.63) is 154 Å². The largest absolute Gasteiger partial charge is 0.336 e. The second-order valence-electron chi connectivity index (χ2n) is 10.1. The van der Waals surface area contributed by atoms with Gasteiger partial charge >= 0.3 is 0 Å². The van der Waals surface area contributed by atoms with Crippen LogP contribution in [0, 0.1) is 13.8 Å². The van der Waals surface area contributed by atoms with Gasteiger partial charge in [0, 0.05) is 17.3 Å². The summed E-state index contributed by atoms with van der Waals surface area (Å²) in [5, 5.41) is 2.58. The third kappa shape index (κ3) is 5.10. The minimum absolute atomic E-state index is 0.830. The molecule has 1 heteroatoms. The summed E-state index contributed by atoms with van der Waals surface area (Å²) >= 11 is 0. The van der Waals surface area contributed by atoms with Crippen molar-refractivity contribution in [2.75, 3.05) is 0 Å². The molecule has 0 radical (unpaired) electrons. The number of aromatic nitrogens is 1. The molecule has 0 saturated heterocycles. The maximum Gasteiger partial charge on any atom is 0.0500 e. The normalized spacial score (nSPS) is 11.8. The van der Waals surface area contributed by atoms with Crippen LogP contribution in [0.2, 0.25) is 0 Å². The molecule has 0 bridgehead atoms. The summed E-state index contributed by atoms with van der Waals surface area (Å²) in [5.41, 5.74) is 11.2. The van der Waals surface area contributed by atoms with Gasteiger partial charge in [0.25, 0.3) is 0 Å². The maximum atomic E-state index is 2.46. The smallest absolute Gasteiger partial charge is 0.0500 e. The van der Waals surface area contributed by atoms with Crippen LogP contribution in [0.1, 0.15) is 38.9 Å². The van der Waals surface area contributed by atoms with Crippen LogP contribution < -0.4 is 0 Å². The summed E-state index contributed by atoms with van der Waals surface area (Å²) in [4.78, 5) is 0. The van der Waals surface area contributed by atoms with Gasteiger partial charge in [-0.2, -0.15) is 0 Å². The molecule has 0 fully saturated rings. The molecular weight excluding hydrogens is 458 g/mol. The van der Waals surface area contributed by atoms with E-state index in [1.54, 1.807) is 0 Å². The van der Waals surface area contributed by atoms with Gasteiger partial charge in [0.05, 0.1) is 11.0 Å². The van der Waals surface area contributed by atoms with Crippen molar-refractivity contribution in [3.63, 3.8) is 0 Å². The minimum atomic E-state index is 0.830. The first kappa shape index (κ1) is 23.8. The number of aryl methyl sites for hydroxylation is 2. The van der Waals surface area contributed by atoms with E-state index in [2.05, 4.69) is 158 Å². The van der Waals surface area contributed by atoms with Crippen LogP contribution in [-0.4, -0.2) is 4.57 Å². The number of nitrogens with zero attached hydrogens (tertiary/aromatic N) is 1. The highest BCUT2D eigenvalue weighted by Crippen LogP contribution is 2.32. The zero-order valence-electron chi connectivity index (χ0n) is 21.9. The molecule has 1 aromatic heterocycles. The predicted octanol–water partition coefficient (Wildman–Crippen LogP) is 9.80. The lowest BCUT2D eigenvalue weighted by Gasteiger charge is -2.09. The molecule has 6 aromatic rings. The first-order chi connectivity index (χ1) is 18.6. The highest BCUT2D eigenvalue weighted by Gasteiger charge is 2.12. The Morgan fingerprint density at radius 2 is 0.895 bits per heavy atom. The monoisotopic (exact) mass is 489 g/mol. The zero-order valence-corrected chi connectivity index (χ0v) is 21.9. The van der Waals surface area contributed by atoms with Crippen molar-refractivity contribution in [2.24, 2.45) is 0 Å².